The lowest BCUT2D eigenvalue weighted by molar-refractivity contribution is 0.449. The highest BCUT2D eigenvalue weighted by molar-refractivity contribution is 5.66. The maximum Gasteiger partial charge on any atom is 0.115 e. The van der Waals surface area contributed by atoms with Crippen LogP contribution < -0.4 is 5.32 Å². The number of benzene rings is 1. The monoisotopic (exact) mass is 211 g/mol. The van der Waals surface area contributed by atoms with Crippen LogP contribution in [0.15, 0.2) is 43.0 Å². The van der Waals surface area contributed by atoms with Gasteiger partial charge in [-0.1, -0.05) is 24.3 Å². The Labute approximate surface area is 94.6 Å². The molecule has 2 aromatic rings. The smallest absolute Gasteiger partial charge is 0.115 e. The van der Waals surface area contributed by atoms with Gasteiger partial charge in [0.05, 0.1) is 0 Å². The third-order valence-corrected chi connectivity index (χ3v) is 3.05. The van der Waals surface area contributed by atoms with Crippen molar-refractivity contribution in [3.05, 3.63) is 48.5 Å². The normalized spacial score (nSPS) is 15.8. The Balaban J connectivity index is 2.06. The zero-order valence-electron chi connectivity index (χ0n) is 8.93. The summed E-state index contributed by atoms with van der Waals surface area (Å²) >= 11 is 0. The Morgan fingerprint density at radius 3 is 2.50 bits per heavy atom. The number of hydrogen-bond donors (Lipinski definition) is 1. The van der Waals surface area contributed by atoms with Crippen molar-refractivity contribution in [1.29, 1.82) is 0 Å². The maximum absolute atomic E-state index is 4.08. The molecule has 1 N–H and O–H groups in total. The second kappa shape index (κ2) is 4.02. The van der Waals surface area contributed by atoms with Gasteiger partial charge in [0.25, 0.3) is 0 Å². The predicted molar refractivity (Wildman–Crippen MR) is 63.1 cm³/mol. The van der Waals surface area contributed by atoms with Crippen LogP contribution in [0.2, 0.25) is 0 Å². The lowest BCUT2D eigenvalue weighted by atomic mass is 9.88. The van der Waals surface area contributed by atoms with Crippen molar-refractivity contribution in [2.75, 3.05) is 13.1 Å². The minimum absolute atomic E-state index is 0.636. The molecule has 3 nitrogen and oxygen atoms in total. The molecule has 0 unspecified atom stereocenters. The SMILES string of the molecule is c1ccc(C2CNC2)c(-c2cncnc2)c1. The van der Waals surface area contributed by atoms with E-state index in [1.165, 1.54) is 11.1 Å². The molecule has 0 atom stereocenters. The summed E-state index contributed by atoms with van der Waals surface area (Å²) < 4.78 is 0. The molecule has 0 bridgehead atoms. The second-order valence-corrected chi connectivity index (χ2v) is 4.07. The number of nitrogens with one attached hydrogen (secondary N) is 1. The molecule has 3 rings (SSSR count). The van der Waals surface area contributed by atoms with Gasteiger partial charge in [0, 0.05) is 37.0 Å². The molecule has 0 spiro atoms. The van der Waals surface area contributed by atoms with Crippen molar-refractivity contribution in [3.63, 3.8) is 0 Å². The molecule has 1 saturated heterocycles. The van der Waals surface area contributed by atoms with Gasteiger partial charge in [-0.2, -0.15) is 0 Å². The molecule has 1 aromatic heterocycles. The molecule has 1 fully saturated rings. The molecular formula is C13H13N3. The Hall–Kier alpha value is -1.74. The number of aromatic nitrogens is 2. The van der Waals surface area contributed by atoms with Crippen LogP contribution in [0, 0.1) is 0 Å². The summed E-state index contributed by atoms with van der Waals surface area (Å²) in [5.74, 6) is 0.636. The van der Waals surface area contributed by atoms with Gasteiger partial charge in [0.15, 0.2) is 0 Å². The number of nitrogens with zero attached hydrogens (tertiary/aromatic N) is 2. The van der Waals surface area contributed by atoms with E-state index in [0.29, 0.717) is 5.92 Å². The molecular weight excluding hydrogens is 198 g/mol. The quantitative estimate of drug-likeness (QED) is 0.823. The van der Waals surface area contributed by atoms with E-state index in [9.17, 15) is 0 Å². The van der Waals surface area contributed by atoms with Crippen molar-refractivity contribution in [1.82, 2.24) is 15.3 Å². The standard InChI is InChI=1S/C13H13N3/c1-2-4-13(11-7-15-9-16-8-11)12(3-1)10-5-14-6-10/h1-4,7-10,14H,5-6H2. The zero-order valence-corrected chi connectivity index (χ0v) is 8.93. The average molecular weight is 211 g/mol. The van der Waals surface area contributed by atoms with Gasteiger partial charge < -0.3 is 5.32 Å². The molecule has 1 aromatic carbocycles. The fourth-order valence-electron chi connectivity index (χ4n) is 2.06. The fraction of sp³-hybridized carbons (Fsp3) is 0.231. The van der Waals surface area contributed by atoms with Crippen molar-refractivity contribution in [3.8, 4) is 11.1 Å². The highest BCUT2D eigenvalue weighted by Gasteiger charge is 2.21. The van der Waals surface area contributed by atoms with Gasteiger partial charge in [-0.05, 0) is 11.1 Å². The lowest BCUT2D eigenvalue weighted by Crippen LogP contribution is -2.40. The van der Waals surface area contributed by atoms with Crippen molar-refractivity contribution >= 4 is 0 Å². The molecule has 1 aliphatic rings. The fourth-order valence-corrected chi connectivity index (χ4v) is 2.06. The third kappa shape index (κ3) is 1.59. The minimum Gasteiger partial charge on any atom is -0.315 e. The van der Waals surface area contributed by atoms with Gasteiger partial charge in [0.2, 0.25) is 0 Å². The van der Waals surface area contributed by atoms with E-state index in [-0.39, 0.29) is 0 Å². The topological polar surface area (TPSA) is 37.8 Å². The van der Waals surface area contributed by atoms with E-state index in [2.05, 4.69) is 39.6 Å². The molecule has 1 aliphatic heterocycles. The largest absolute Gasteiger partial charge is 0.315 e. The summed E-state index contributed by atoms with van der Waals surface area (Å²) in [7, 11) is 0. The molecule has 0 amide bonds. The molecule has 80 valence electrons. The van der Waals surface area contributed by atoms with Gasteiger partial charge in [-0.15, -0.1) is 0 Å². The Morgan fingerprint density at radius 2 is 1.81 bits per heavy atom. The predicted octanol–water partition coefficient (Wildman–Crippen LogP) is 1.83. The zero-order chi connectivity index (χ0) is 10.8. The Bertz CT molecular complexity index is 478. The van der Waals surface area contributed by atoms with Crippen LogP contribution in [0.3, 0.4) is 0 Å². The van der Waals surface area contributed by atoms with Gasteiger partial charge in [-0.25, -0.2) is 9.97 Å². The van der Waals surface area contributed by atoms with Crippen LogP contribution in [0.25, 0.3) is 11.1 Å². The van der Waals surface area contributed by atoms with E-state index >= 15 is 0 Å². The lowest BCUT2D eigenvalue weighted by Gasteiger charge is -2.29. The van der Waals surface area contributed by atoms with E-state index < -0.39 is 0 Å². The van der Waals surface area contributed by atoms with Crippen molar-refractivity contribution < 1.29 is 0 Å². The van der Waals surface area contributed by atoms with E-state index in [1.807, 2.05) is 12.4 Å². The molecule has 0 aliphatic carbocycles. The molecule has 2 heterocycles. The minimum atomic E-state index is 0.636. The van der Waals surface area contributed by atoms with Crippen LogP contribution in [0.5, 0.6) is 0 Å². The number of rotatable bonds is 2. The van der Waals surface area contributed by atoms with Crippen LogP contribution in [-0.4, -0.2) is 23.1 Å². The highest BCUT2D eigenvalue weighted by atomic mass is 14.9. The second-order valence-electron chi connectivity index (χ2n) is 4.07. The van der Waals surface area contributed by atoms with Crippen molar-refractivity contribution in [2.45, 2.75) is 5.92 Å². The molecule has 0 radical (unpaired) electrons. The van der Waals surface area contributed by atoms with Gasteiger partial charge >= 0.3 is 0 Å². The Kier molecular flexibility index (Phi) is 2.38. The van der Waals surface area contributed by atoms with E-state index in [0.717, 1.165) is 18.7 Å². The average Bonchev–Trinajstić information content (AvgIpc) is 2.29. The third-order valence-electron chi connectivity index (χ3n) is 3.05. The summed E-state index contributed by atoms with van der Waals surface area (Å²) in [5.41, 5.74) is 3.76. The first kappa shape index (κ1) is 9.48. The first-order valence-electron chi connectivity index (χ1n) is 5.50. The summed E-state index contributed by atoms with van der Waals surface area (Å²) in [6, 6.07) is 8.51. The van der Waals surface area contributed by atoms with Gasteiger partial charge in [0.1, 0.15) is 6.33 Å². The summed E-state index contributed by atoms with van der Waals surface area (Å²) in [6.07, 6.45) is 5.31. The number of hydrogen-bond acceptors (Lipinski definition) is 3. The molecule has 16 heavy (non-hydrogen) atoms. The summed E-state index contributed by atoms with van der Waals surface area (Å²) in [5, 5.41) is 3.31. The van der Waals surface area contributed by atoms with Crippen LogP contribution >= 0.6 is 0 Å². The summed E-state index contributed by atoms with van der Waals surface area (Å²) in [4.78, 5) is 8.16. The highest BCUT2D eigenvalue weighted by Crippen LogP contribution is 2.30. The van der Waals surface area contributed by atoms with Crippen LogP contribution in [-0.2, 0) is 0 Å². The van der Waals surface area contributed by atoms with E-state index in [4.69, 9.17) is 0 Å². The van der Waals surface area contributed by atoms with E-state index in [1.54, 1.807) is 6.33 Å². The first-order chi connectivity index (χ1) is 7.95. The molecule has 3 heteroatoms. The van der Waals surface area contributed by atoms with Crippen molar-refractivity contribution in [2.24, 2.45) is 0 Å². The van der Waals surface area contributed by atoms with Gasteiger partial charge in [-0.3, -0.25) is 0 Å². The van der Waals surface area contributed by atoms with Crippen LogP contribution in [0.4, 0.5) is 0 Å². The van der Waals surface area contributed by atoms with Crippen LogP contribution in [0.1, 0.15) is 11.5 Å². The first-order valence-corrected chi connectivity index (χ1v) is 5.50. The maximum atomic E-state index is 4.08. The Morgan fingerprint density at radius 1 is 1.06 bits per heavy atom. The summed E-state index contributed by atoms with van der Waals surface area (Å²) in [6.45, 7) is 2.15. The molecule has 0 saturated carbocycles.